The van der Waals surface area contributed by atoms with Crippen LogP contribution in [0.3, 0.4) is 0 Å². The molecule has 0 aliphatic heterocycles. The Bertz CT molecular complexity index is 431. The molecule has 0 saturated heterocycles. The van der Waals surface area contributed by atoms with Crippen LogP contribution in [0.4, 0.5) is 8.78 Å². The molecule has 0 saturated carbocycles. The van der Waals surface area contributed by atoms with E-state index in [1.165, 1.54) is 18.2 Å². The Morgan fingerprint density at radius 1 is 1.41 bits per heavy atom. The smallest absolute Gasteiger partial charge is 0.337 e. The first-order chi connectivity index (χ1) is 7.75. The quantitative estimate of drug-likeness (QED) is 0.789. The van der Waals surface area contributed by atoms with Crippen molar-refractivity contribution in [2.24, 2.45) is 5.73 Å². The third-order valence-electron chi connectivity index (χ3n) is 2.53. The van der Waals surface area contributed by atoms with Crippen LogP contribution in [0.1, 0.15) is 12.5 Å². The van der Waals surface area contributed by atoms with Crippen molar-refractivity contribution in [2.45, 2.75) is 18.4 Å². The van der Waals surface area contributed by atoms with Gasteiger partial charge in [-0.2, -0.15) is 0 Å². The Labute approximate surface area is 97.0 Å². The maximum Gasteiger partial charge on any atom is 0.337 e. The normalized spacial score (nSPS) is 15.1. The van der Waals surface area contributed by atoms with Gasteiger partial charge in [-0.3, -0.25) is 0 Å². The highest BCUT2D eigenvalue weighted by molar-refractivity contribution is 5.84. The van der Waals surface area contributed by atoms with Gasteiger partial charge in [-0.1, -0.05) is 18.2 Å². The predicted molar refractivity (Wildman–Crippen MR) is 56.6 cm³/mol. The lowest BCUT2D eigenvalue weighted by Gasteiger charge is -2.32. The van der Waals surface area contributed by atoms with E-state index in [0.29, 0.717) is 6.92 Å². The fourth-order valence-electron chi connectivity index (χ4n) is 1.49. The number of carbonyl (C=O) groups is 1. The van der Waals surface area contributed by atoms with Gasteiger partial charge in [0.1, 0.15) is 5.75 Å². The maximum atomic E-state index is 13.5. The molecule has 0 aliphatic rings. The SMILES string of the molecule is COC(=O)C(N)(c1ccccc1O)C(C)(F)F. The van der Waals surface area contributed by atoms with Crippen LogP contribution in [0.5, 0.6) is 5.75 Å². The highest BCUT2D eigenvalue weighted by atomic mass is 19.3. The van der Waals surface area contributed by atoms with Crippen LogP contribution in [0, 0.1) is 0 Å². The molecule has 0 radical (unpaired) electrons. The number of aromatic hydroxyl groups is 1. The van der Waals surface area contributed by atoms with Crippen LogP contribution >= 0.6 is 0 Å². The van der Waals surface area contributed by atoms with E-state index in [2.05, 4.69) is 4.74 Å². The molecule has 4 nitrogen and oxygen atoms in total. The third kappa shape index (κ3) is 2.08. The van der Waals surface area contributed by atoms with E-state index in [1.807, 2.05) is 0 Å². The summed E-state index contributed by atoms with van der Waals surface area (Å²) in [4.78, 5) is 11.5. The average Bonchev–Trinajstić information content (AvgIpc) is 2.26. The molecular weight excluding hydrogens is 232 g/mol. The van der Waals surface area contributed by atoms with Crippen LogP contribution in [0.2, 0.25) is 0 Å². The van der Waals surface area contributed by atoms with Gasteiger partial charge in [-0.15, -0.1) is 0 Å². The first-order valence-corrected chi connectivity index (χ1v) is 4.78. The number of alkyl halides is 2. The summed E-state index contributed by atoms with van der Waals surface area (Å²) in [5.74, 6) is -5.38. The zero-order chi connectivity index (χ0) is 13.3. The molecule has 1 atom stereocenters. The fourth-order valence-corrected chi connectivity index (χ4v) is 1.49. The largest absolute Gasteiger partial charge is 0.508 e. The van der Waals surface area contributed by atoms with Crippen molar-refractivity contribution in [2.75, 3.05) is 7.11 Å². The van der Waals surface area contributed by atoms with E-state index in [-0.39, 0.29) is 5.56 Å². The number of para-hydroxylation sites is 1. The molecule has 0 bridgehead atoms. The summed E-state index contributed by atoms with van der Waals surface area (Å²) in [6.07, 6.45) is 0. The summed E-state index contributed by atoms with van der Waals surface area (Å²) >= 11 is 0. The van der Waals surface area contributed by atoms with Crippen molar-refractivity contribution >= 4 is 5.97 Å². The highest BCUT2D eigenvalue weighted by Crippen LogP contribution is 2.39. The van der Waals surface area contributed by atoms with Crippen LogP contribution in [0.15, 0.2) is 24.3 Å². The molecule has 3 N–H and O–H groups in total. The van der Waals surface area contributed by atoms with Gasteiger partial charge in [0.25, 0.3) is 5.92 Å². The monoisotopic (exact) mass is 245 g/mol. The van der Waals surface area contributed by atoms with E-state index in [1.54, 1.807) is 0 Å². The van der Waals surface area contributed by atoms with E-state index in [0.717, 1.165) is 13.2 Å². The molecule has 0 amide bonds. The Kier molecular flexibility index (Phi) is 3.38. The average molecular weight is 245 g/mol. The highest BCUT2D eigenvalue weighted by Gasteiger charge is 2.56. The standard InChI is InChI=1S/C11H13F2NO3/c1-10(12,13)11(14,9(16)17-2)7-5-3-4-6-8(7)15/h3-6,15H,14H2,1-2H3. The first-order valence-electron chi connectivity index (χ1n) is 4.78. The summed E-state index contributed by atoms with van der Waals surface area (Å²) in [6.45, 7) is 0.496. The third-order valence-corrected chi connectivity index (χ3v) is 2.53. The minimum Gasteiger partial charge on any atom is -0.508 e. The number of hydrogen-bond acceptors (Lipinski definition) is 4. The Hall–Kier alpha value is -1.69. The minimum atomic E-state index is -3.58. The minimum absolute atomic E-state index is 0.376. The van der Waals surface area contributed by atoms with Crippen molar-refractivity contribution in [3.63, 3.8) is 0 Å². The lowest BCUT2D eigenvalue weighted by molar-refractivity contribution is -0.164. The lowest BCUT2D eigenvalue weighted by Crippen LogP contribution is -2.57. The number of benzene rings is 1. The summed E-state index contributed by atoms with van der Waals surface area (Å²) in [7, 11) is 0.954. The molecule has 1 unspecified atom stereocenters. The zero-order valence-electron chi connectivity index (χ0n) is 9.41. The fraction of sp³-hybridized carbons (Fsp3) is 0.364. The van der Waals surface area contributed by atoms with E-state index in [9.17, 15) is 18.7 Å². The molecule has 0 aromatic heterocycles. The van der Waals surface area contributed by atoms with Crippen molar-refractivity contribution in [1.82, 2.24) is 0 Å². The maximum absolute atomic E-state index is 13.5. The number of methoxy groups -OCH3 is 1. The topological polar surface area (TPSA) is 72.5 Å². The number of nitrogens with two attached hydrogens (primary N) is 1. The summed E-state index contributed by atoms with van der Waals surface area (Å²) in [5.41, 5.74) is 2.38. The number of phenols is 1. The van der Waals surface area contributed by atoms with Gasteiger partial charge >= 0.3 is 5.97 Å². The van der Waals surface area contributed by atoms with Gasteiger partial charge in [0.05, 0.1) is 7.11 Å². The van der Waals surface area contributed by atoms with Crippen molar-refractivity contribution in [3.05, 3.63) is 29.8 Å². The van der Waals surface area contributed by atoms with Gasteiger partial charge in [0.2, 0.25) is 5.54 Å². The number of hydrogen-bond donors (Lipinski definition) is 2. The first kappa shape index (κ1) is 13.4. The van der Waals surface area contributed by atoms with Crippen molar-refractivity contribution in [1.29, 1.82) is 0 Å². The van der Waals surface area contributed by atoms with Gasteiger partial charge in [-0.05, 0) is 6.07 Å². The molecule has 0 fully saturated rings. The predicted octanol–water partition coefficient (Wildman–Crippen LogP) is 1.37. The number of carbonyl (C=O) groups excluding carboxylic acids is 1. The Morgan fingerprint density at radius 3 is 2.35 bits per heavy atom. The number of ether oxygens (including phenoxy) is 1. The molecule has 0 heterocycles. The second kappa shape index (κ2) is 4.29. The second-order valence-corrected chi connectivity index (χ2v) is 3.71. The molecule has 94 valence electrons. The summed E-state index contributed by atoms with van der Waals surface area (Å²) < 4.78 is 31.4. The van der Waals surface area contributed by atoms with E-state index < -0.39 is 23.2 Å². The summed E-state index contributed by atoms with van der Waals surface area (Å²) in [6, 6.07) is 5.16. The molecule has 1 aromatic rings. The number of phenolic OH excluding ortho intramolecular Hbond substituents is 1. The zero-order valence-corrected chi connectivity index (χ0v) is 9.41. The van der Waals surface area contributed by atoms with Gasteiger partial charge < -0.3 is 15.6 Å². The molecule has 1 rings (SSSR count). The molecule has 0 aliphatic carbocycles. The van der Waals surface area contributed by atoms with Gasteiger partial charge in [0.15, 0.2) is 0 Å². The van der Waals surface area contributed by atoms with Crippen LogP contribution in [-0.4, -0.2) is 24.1 Å². The van der Waals surface area contributed by atoms with E-state index >= 15 is 0 Å². The van der Waals surface area contributed by atoms with E-state index in [4.69, 9.17) is 5.73 Å². The lowest BCUT2D eigenvalue weighted by atomic mass is 9.84. The van der Waals surface area contributed by atoms with Crippen molar-refractivity contribution < 1.29 is 23.4 Å². The second-order valence-electron chi connectivity index (χ2n) is 3.71. The molecule has 1 aromatic carbocycles. The molecular formula is C11H13F2NO3. The molecule has 0 spiro atoms. The Balaban J connectivity index is 3.46. The Morgan fingerprint density at radius 2 is 1.94 bits per heavy atom. The van der Waals surface area contributed by atoms with Crippen LogP contribution in [0.25, 0.3) is 0 Å². The number of esters is 1. The van der Waals surface area contributed by atoms with Crippen molar-refractivity contribution in [3.8, 4) is 5.75 Å². The molecule has 6 heteroatoms. The number of rotatable bonds is 3. The summed E-state index contributed by atoms with van der Waals surface area (Å²) in [5, 5.41) is 9.53. The van der Waals surface area contributed by atoms with Crippen LogP contribution in [-0.2, 0) is 15.1 Å². The van der Waals surface area contributed by atoms with Crippen LogP contribution < -0.4 is 5.73 Å². The van der Waals surface area contributed by atoms with Gasteiger partial charge in [0, 0.05) is 12.5 Å². The number of halogens is 2. The van der Waals surface area contributed by atoms with Gasteiger partial charge in [-0.25, -0.2) is 13.6 Å². The molecule has 17 heavy (non-hydrogen) atoms.